The van der Waals surface area contributed by atoms with Crippen LogP contribution in [0.4, 0.5) is 0 Å². The lowest BCUT2D eigenvalue weighted by Crippen LogP contribution is -2.36. The molecular formula is C11H16O5. The topological polar surface area (TPSA) is 76.1 Å². The summed E-state index contributed by atoms with van der Waals surface area (Å²) in [6.07, 6.45) is 1.25. The fraction of sp³-hybridized carbons (Fsp3) is 0.636. The van der Waals surface area contributed by atoms with Crippen LogP contribution in [-0.4, -0.2) is 35.9 Å². The molecule has 0 bridgehead atoms. The first-order valence-electron chi connectivity index (χ1n) is 5.04. The predicted molar refractivity (Wildman–Crippen MR) is 55.9 cm³/mol. The Labute approximate surface area is 94.0 Å². The molecule has 0 aliphatic carbocycles. The number of epoxide rings is 1. The molecule has 0 aromatic heterocycles. The van der Waals surface area contributed by atoms with Gasteiger partial charge in [-0.15, -0.1) is 0 Å². The molecule has 1 N–H and O–H groups in total. The molecule has 5 heteroatoms. The third-order valence-corrected chi connectivity index (χ3v) is 2.16. The molecule has 5 nitrogen and oxygen atoms in total. The van der Waals surface area contributed by atoms with E-state index in [0.29, 0.717) is 6.61 Å². The van der Waals surface area contributed by atoms with Gasteiger partial charge >= 0.3 is 11.9 Å². The first-order chi connectivity index (χ1) is 7.30. The quantitative estimate of drug-likeness (QED) is 0.441. The smallest absolute Gasteiger partial charge is 0.331 e. The van der Waals surface area contributed by atoms with Crippen LogP contribution in [0.25, 0.3) is 0 Å². The van der Waals surface area contributed by atoms with Crippen molar-refractivity contribution in [1.82, 2.24) is 0 Å². The van der Waals surface area contributed by atoms with Gasteiger partial charge in [-0.25, -0.2) is 9.59 Å². The third-order valence-electron chi connectivity index (χ3n) is 2.16. The molecule has 0 amide bonds. The molecule has 0 saturated carbocycles. The van der Waals surface area contributed by atoms with Gasteiger partial charge in [0.1, 0.15) is 12.2 Å². The Balaban J connectivity index is 2.55. The third kappa shape index (κ3) is 4.02. The number of hydrogen-bond donors (Lipinski definition) is 1. The van der Waals surface area contributed by atoms with Crippen molar-refractivity contribution >= 4 is 11.9 Å². The maximum absolute atomic E-state index is 11.3. The van der Waals surface area contributed by atoms with E-state index in [1.54, 1.807) is 0 Å². The monoisotopic (exact) mass is 228 g/mol. The van der Waals surface area contributed by atoms with E-state index in [-0.39, 0.29) is 17.6 Å². The molecule has 90 valence electrons. The van der Waals surface area contributed by atoms with Gasteiger partial charge in [-0.1, -0.05) is 20.8 Å². The Bertz CT molecular complexity index is 309. The van der Waals surface area contributed by atoms with Crippen LogP contribution in [-0.2, 0) is 19.1 Å². The largest absolute Gasteiger partial charge is 0.478 e. The van der Waals surface area contributed by atoms with Crippen LogP contribution >= 0.6 is 0 Å². The van der Waals surface area contributed by atoms with Crippen molar-refractivity contribution in [3.63, 3.8) is 0 Å². The molecule has 16 heavy (non-hydrogen) atoms. The van der Waals surface area contributed by atoms with Gasteiger partial charge in [0, 0.05) is 17.6 Å². The summed E-state index contributed by atoms with van der Waals surface area (Å²) in [6.45, 7) is 6.40. The molecule has 1 aliphatic rings. The Hall–Kier alpha value is -1.36. The average molecular weight is 228 g/mol. The van der Waals surface area contributed by atoms with Gasteiger partial charge in [0.2, 0.25) is 0 Å². The lowest BCUT2D eigenvalue weighted by Gasteiger charge is -2.28. The summed E-state index contributed by atoms with van der Waals surface area (Å²) in [4.78, 5) is 21.5. The van der Waals surface area contributed by atoms with Crippen molar-refractivity contribution in [2.75, 3.05) is 6.61 Å². The van der Waals surface area contributed by atoms with Gasteiger partial charge < -0.3 is 14.6 Å². The molecular weight excluding hydrogens is 212 g/mol. The molecule has 0 aromatic carbocycles. The highest BCUT2D eigenvalue weighted by Crippen LogP contribution is 2.32. The number of carboxylic acids is 1. The van der Waals surface area contributed by atoms with E-state index >= 15 is 0 Å². The summed E-state index contributed by atoms with van der Waals surface area (Å²) in [6, 6.07) is 0. The Morgan fingerprint density at radius 2 is 2.00 bits per heavy atom. The second-order valence-corrected chi connectivity index (χ2v) is 4.77. The summed E-state index contributed by atoms with van der Waals surface area (Å²) in [5.41, 5.74) is -0.228. The summed E-state index contributed by atoms with van der Waals surface area (Å²) < 4.78 is 10.3. The molecule has 0 spiro atoms. The van der Waals surface area contributed by atoms with Crippen molar-refractivity contribution in [2.24, 2.45) is 5.41 Å². The van der Waals surface area contributed by atoms with E-state index in [4.69, 9.17) is 14.6 Å². The first kappa shape index (κ1) is 12.7. The molecule has 1 aliphatic heterocycles. The molecule has 1 fully saturated rings. The lowest BCUT2D eigenvalue weighted by molar-refractivity contribution is -0.150. The minimum atomic E-state index is -1.17. The number of carbonyl (C=O) groups is 2. The summed E-state index contributed by atoms with van der Waals surface area (Å²) in [7, 11) is 0. The van der Waals surface area contributed by atoms with Crippen LogP contribution in [0.5, 0.6) is 0 Å². The van der Waals surface area contributed by atoms with Gasteiger partial charge in [0.15, 0.2) is 0 Å². The second kappa shape index (κ2) is 4.65. The van der Waals surface area contributed by atoms with E-state index in [9.17, 15) is 9.59 Å². The molecule has 2 atom stereocenters. The number of carbonyl (C=O) groups excluding carboxylic acids is 1. The predicted octanol–water partition coefficient (Wildman–Crippen LogP) is 0.984. The second-order valence-electron chi connectivity index (χ2n) is 4.77. The average Bonchev–Trinajstić information content (AvgIpc) is 2.92. The fourth-order valence-electron chi connectivity index (χ4n) is 1.34. The van der Waals surface area contributed by atoms with E-state index in [2.05, 4.69) is 0 Å². The van der Waals surface area contributed by atoms with Gasteiger partial charge in [0.05, 0.1) is 6.61 Å². The molecule has 0 radical (unpaired) electrons. The normalized spacial score (nSPS) is 21.8. The zero-order valence-corrected chi connectivity index (χ0v) is 9.60. The van der Waals surface area contributed by atoms with Crippen LogP contribution in [0, 0.1) is 5.41 Å². The van der Waals surface area contributed by atoms with E-state index in [1.165, 1.54) is 0 Å². The molecule has 1 saturated heterocycles. The summed E-state index contributed by atoms with van der Waals surface area (Å²) >= 11 is 0. The number of ether oxygens (including phenoxy) is 2. The lowest BCUT2D eigenvalue weighted by atomic mass is 9.87. The van der Waals surface area contributed by atoms with E-state index in [1.807, 2.05) is 20.8 Å². The zero-order valence-electron chi connectivity index (χ0n) is 9.60. The summed E-state index contributed by atoms with van der Waals surface area (Å²) in [5, 5.41) is 8.36. The highest BCUT2D eigenvalue weighted by atomic mass is 16.6. The standard InChI is InChI=1S/C11H16O5/c1-11(2,3)10(7-6-15-7)16-9(14)5-4-8(12)13/h4-5,7,10H,6H2,1-3H3,(H,12,13)/b5-4-. The molecule has 1 heterocycles. The SMILES string of the molecule is CC(C)(C)C(OC(=O)/C=C\C(=O)O)C1CO1. The number of carboxylic acid groups (broad SMARTS) is 1. The van der Waals surface area contributed by atoms with Gasteiger partial charge in [-0.2, -0.15) is 0 Å². The number of aliphatic carboxylic acids is 1. The Morgan fingerprint density at radius 1 is 1.44 bits per heavy atom. The minimum Gasteiger partial charge on any atom is -0.478 e. The van der Waals surface area contributed by atoms with Crippen LogP contribution in [0.2, 0.25) is 0 Å². The maximum Gasteiger partial charge on any atom is 0.331 e. The molecule has 0 aromatic rings. The van der Waals surface area contributed by atoms with Crippen LogP contribution in [0.15, 0.2) is 12.2 Å². The summed E-state index contributed by atoms with van der Waals surface area (Å²) in [5.74, 6) is -1.83. The highest BCUT2D eigenvalue weighted by Gasteiger charge is 2.42. The Morgan fingerprint density at radius 3 is 2.38 bits per heavy atom. The number of esters is 1. The number of hydrogen-bond acceptors (Lipinski definition) is 4. The highest BCUT2D eigenvalue weighted by molar-refractivity contribution is 5.90. The van der Waals surface area contributed by atoms with Crippen LogP contribution < -0.4 is 0 Å². The van der Waals surface area contributed by atoms with Gasteiger partial charge in [-0.05, 0) is 0 Å². The van der Waals surface area contributed by atoms with E-state index < -0.39 is 11.9 Å². The maximum atomic E-state index is 11.3. The van der Waals surface area contributed by atoms with Crippen molar-refractivity contribution in [3.8, 4) is 0 Å². The van der Waals surface area contributed by atoms with Crippen molar-refractivity contribution < 1.29 is 24.2 Å². The Kier molecular flexibility index (Phi) is 3.70. The first-order valence-corrected chi connectivity index (χ1v) is 5.04. The van der Waals surface area contributed by atoms with Crippen LogP contribution in [0.1, 0.15) is 20.8 Å². The molecule has 2 unspecified atom stereocenters. The van der Waals surface area contributed by atoms with Crippen molar-refractivity contribution in [3.05, 3.63) is 12.2 Å². The zero-order chi connectivity index (χ0) is 12.3. The molecule has 1 rings (SSSR count). The van der Waals surface area contributed by atoms with Gasteiger partial charge in [-0.3, -0.25) is 0 Å². The van der Waals surface area contributed by atoms with Crippen LogP contribution in [0.3, 0.4) is 0 Å². The van der Waals surface area contributed by atoms with Crippen molar-refractivity contribution in [2.45, 2.75) is 33.0 Å². The minimum absolute atomic E-state index is 0.0674. The van der Waals surface area contributed by atoms with Crippen molar-refractivity contribution in [1.29, 1.82) is 0 Å². The van der Waals surface area contributed by atoms with Gasteiger partial charge in [0.25, 0.3) is 0 Å². The number of rotatable bonds is 4. The van der Waals surface area contributed by atoms with E-state index in [0.717, 1.165) is 12.2 Å². The fourth-order valence-corrected chi connectivity index (χ4v) is 1.34.